The van der Waals surface area contributed by atoms with E-state index in [0.717, 1.165) is 4.90 Å². The maximum atomic E-state index is 11.5. The Hall–Kier alpha value is -0.830. The minimum Gasteiger partial charge on any atom is -0.292 e. The zero-order chi connectivity index (χ0) is 10.6. The van der Waals surface area contributed by atoms with E-state index in [9.17, 15) is 4.79 Å². The molecule has 0 aliphatic heterocycles. The van der Waals surface area contributed by atoms with E-state index < -0.39 is 0 Å². The van der Waals surface area contributed by atoms with Crippen LogP contribution in [0.15, 0.2) is 23.2 Å². The van der Waals surface area contributed by atoms with Gasteiger partial charge in [-0.25, -0.2) is 0 Å². The van der Waals surface area contributed by atoms with Gasteiger partial charge in [-0.15, -0.1) is 11.8 Å². The van der Waals surface area contributed by atoms with Crippen LogP contribution < -0.4 is 0 Å². The zero-order valence-electron chi connectivity index (χ0n) is 8.78. The van der Waals surface area contributed by atoms with Gasteiger partial charge >= 0.3 is 0 Å². The highest BCUT2D eigenvalue weighted by atomic mass is 32.2. The lowest BCUT2D eigenvalue weighted by Gasteiger charge is -2.08. The van der Waals surface area contributed by atoms with Gasteiger partial charge in [0.1, 0.15) is 5.69 Å². The Morgan fingerprint density at radius 1 is 1.57 bits per heavy atom. The number of carbonyl (C=O) groups excluding carboxylic acids is 1. The first-order valence-corrected chi connectivity index (χ1v) is 5.68. The van der Waals surface area contributed by atoms with Crippen molar-refractivity contribution in [3.05, 3.63) is 24.0 Å². The zero-order valence-corrected chi connectivity index (χ0v) is 9.60. The molecule has 0 fully saturated rings. The van der Waals surface area contributed by atoms with Crippen molar-refractivity contribution in [2.75, 3.05) is 0 Å². The molecule has 14 heavy (non-hydrogen) atoms. The maximum absolute atomic E-state index is 11.5. The van der Waals surface area contributed by atoms with Crippen LogP contribution in [0.2, 0.25) is 0 Å². The van der Waals surface area contributed by atoms with E-state index in [1.54, 1.807) is 18.0 Å². The van der Waals surface area contributed by atoms with E-state index in [2.05, 4.69) is 18.8 Å². The molecular weight excluding hydrogens is 194 g/mol. The van der Waals surface area contributed by atoms with Gasteiger partial charge in [0.2, 0.25) is 0 Å². The molecule has 0 N–H and O–H groups in total. The molecule has 0 bridgehead atoms. The smallest absolute Gasteiger partial charge is 0.182 e. The van der Waals surface area contributed by atoms with Crippen molar-refractivity contribution in [1.29, 1.82) is 0 Å². The molecular formula is C11H15NOS. The molecule has 1 rings (SSSR count). The summed E-state index contributed by atoms with van der Waals surface area (Å²) in [6.07, 6.45) is 2.19. The molecule has 0 spiro atoms. The van der Waals surface area contributed by atoms with Gasteiger partial charge in [-0.2, -0.15) is 0 Å². The molecule has 0 aliphatic rings. The largest absolute Gasteiger partial charge is 0.292 e. The molecule has 0 unspecified atom stereocenters. The fraction of sp³-hybridized carbons (Fsp3) is 0.455. The van der Waals surface area contributed by atoms with Crippen LogP contribution in [0.25, 0.3) is 0 Å². The van der Waals surface area contributed by atoms with Gasteiger partial charge in [-0.05, 0) is 12.1 Å². The first-order chi connectivity index (χ1) is 6.65. The lowest BCUT2D eigenvalue weighted by Crippen LogP contribution is -2.03. The first-order valence-electron chi connectivity index (χ1n) is 4.80. The molecule has 76 valence electrons. The topological polar surface area (TPSA) is 30.0 Å². The van der Waals surface area contributed by atoms with E-state index in [0.29, 0.717) is 17.4 Å². The average molecular weight is 209 g/mol. The van der Waals surface area contributed by atoms with Crippen LogP contribution >= 0.6 is 11.8 Å². The van der Waals surface area contributed by atoms with Gasteiger partial charge in [-0.3, -0.25) is 9.78 Å². The predicted molar refractivity (Wildman–Crippen MR) is 59.9 cm³/mol. The lowest BCUT2D eigenvalue weighted by atomic mass is 10.2. The van der Waals surface area contributed by atoms with Crippen molar-refractivity contribution in [2.24, 2.45) is 0 Å². The van der Waals surface area contributed by atoms with Crippen molar-refractivity contribution in [3.63, 3.8) is 0 Å². The third-order valence-corrected chi connectivity index (χ3v) is 2.77. The summed E-state index contributed by atoms with van der Waals surface area (Å²) in [4.78, 5) is 16.7. The molecule has 0 saturated carbocycles. The quantitative estimate of drug-likeness (QED) is 0.563. The maximum Gasteiger partial charge on any atom is 0.182 e. The summed E-state index contributed by atoms with van der Waals surface area (Å²) in [6, 6.07) is 3.83. The Kier molecular flexibility index (Phi) is 4.14. The summed E-state index contributed by atoms with van der Waals surface area (Å²) in [5.41, 5.74) is 0.619. The number of aromatic nitrogens is 1. The van der Waals surface area contributed by atoms with Crippen LogP contribution in [0, 0.1) is 0 Å². The Balaban J connectivity index is 2.97. The average Bonchev–Trinajstić information content (AvgIpc) is 2.16. The van der Waals surface area contributed by atoms with E-state index in [1.807, 2.05) is 19.1 Å². The number of ketones is 1. The fourth-order valence-electron chi connectivity index (χ4n) is 1.12. The summed E-state index contributed by atoms with van der Waals surface area (Å²) < 4.78 is 0. The first kappa shape index (κ1) is 11.2. The number of thioether (sulfide) groups is 1. The normalized spacial score (nSPS) is 10.6. The Morgan fingerprint density at radius 2 is 2.29 bits per heavy atom. The molecule has 1 heterocycles. The lowest BCUT2D eigenvalue weighted by molar-refractivity contribution is 0.0980. The molecule has 0 radical (unpaired) electrons. The van der Waals surface area contributed by atoms with E-state index in [-0.39, 0.29) is 5.78 Å². The molecule has 3 heteroatoms. The molecule has 0 atom stereocenters. The molecule has 0 amide bonds. The monoisotopic (exact) mass is 209 g/mol. The molecule has 0 aromatic carbocycles. The van der Waals surface area contributed by atoms with Crippen molar-refractivity contribution < 1.29 is 4.79 Å². The minimum absolute atomic E-state index is 0.119. The molecule has 1 aromatic rings. The second-order valence-corrected chi connectivity index (χ2v) is 4.91. The summed E-state index contributed by atoms with van der Waals surface area (Å²) in [5.74, 6) is 0.119. The highest BCUT2D eigenvalue weighted by Gasteiger charge is 2.11. The fourth-order valence-corrected chi connectivity index (χ4v) is 2.06. The number of hydrogen-bond donors (Lipinski definition) is 0. The van der Waals surface area contributed by atoms with Crippen molar-refractivity contribution in [1.82, 2.24) is 4.98 Å². The SMILES string of the molecule is CCC(=O)c1ncccc1SC(C)C. The molecule has 0 aliphatic carbocycles. The Labute approximate surface area is 89.1 Å². The van der Waals surface area contributed by atoms with Gasteiger partial charge in [0.15, 0.2) is 5.78 Å². The van der Waals surface area contributed by atoms with Gasteiger partial charge in [0, 0.05) is 22.8 Å². The number of nitrogens with zero attached hydrogens (tertiary/aromatic N) is 1. The van der Waals surface area contributed by atoms with Gasteiger partial charge in [-0.1, -0.05) is 20.8 Å². The summed E-state index contributed by atoms with van der Waals surface area (Å²) in [7, 11) is 0. The standard InChI is InChI=1S/C11H15NOS/c1-4-9(13)11-10(14-8(2)3)6-5-7-12-11/h5-8H,4H2,1-3H3. The number of Topliss-reactive ketones (excluding diaryl/α,β-unsaturated/α-hetero) is 1. The third-order valence-electron chi connectivity index (χ3n) is 1.72. The second kappa shape index (κ2) is 5.15. The van der Waals surface area contributed by atoms with Crippen molar-refractivity contribution in [3.8, 4) is 0 Å². The third kappa shape index (κ3) is 2.84. The highest BCUT2D eigenvalue weighted by Crippen LogP contribution is 2.25. The van der Waals surface area contributed by atoms with Crippen molar-refractivity contribution in [2.45, 2.75) is 37.3 Å². The second-order valence-electron chi connectivity index (χ2n) is 3.29. The molecule has 0 saturated heterocycles. The number of pyridine rings is 1. The van der Waals surface area contributed by atoms with E-state index in [1.165, 1.54) is 0 Å². The van der Waals surface area contributed by atoms with Crippen molar-refractivity contribution >= 4 is 17.5 Å². The minimum atomic E-state index is 0.119. The van der Waals surface area contributed by atoms with Gasteiger partial charge in [0.05, 0.1) is 0 Å². The molecule has 1 aromatic heterocycles. The van der Waals surface area contributed by atoms with Crippen LogP contribution in [-0.2, 0) is 0 Å². The highest BCUT2D eigenvalue weighted by molar-refractivity contribution is 8.00. The summed E-state index contributed by atoms with van der Waals surface area (Å²) >= 11 is 1.69. The van der Waals surface area contributed by atoms with Gasteiger partial charge < -0.3 is 0 Å². The van der Waals surface area contributed by atoms with Gasteiger partial charge in [0.25, 0.3) is 0 Å². The van der Waals surface area contributed by atoms with Crippen LogP contribution in [0.4, 0.5) is 0 Å². The van der Waals surface area contributed by atoms with E-state index >= 15 is 0 Å². The number of rotatable bonds is 4. The Bertz CT molecular complexity index is 323. The Morgan fingerprint density at radius 3 is 2.86 bits per heavy atom. The predicted octanol–water partition coefficient (Wildman–Crippen LogP) is 3.17. The van der Waals surface area contributed by atoms with Crippen LogP contribution in [0.3, 0.4) is 0 Å². The van der Waals surface area contributed by atoms with Crippen LogP contribution in [0.5, 0.6) is 0 Å². The number of hydrogen-bond acceptors (Lipinski definition) is 3. The number of carbonyl (C=O) groups is 1. The van der Waals surface area contributed by atoms with Crippen LogP contribution in [0.1, 0.15) is 37.7 Å². The summed E-state index contributed by atoms with van der Waals surface area (Å²) in [5, 5.41) is 0.475. The summed E-state index contributed by atoms with van der Waals surface area (Å²) in [6.45, 7) is 6.08. The molecule has 2 nitrogen and oxygen atoms in total. The van der Waals surface area contributed by atoms with E-state index in [4.69, 9.17) is 0 Å². The van der Waals surface area contributed by atoms with Crippen LogP contribution in [-0.4, -0.2) is 16.0 Å².